The molecule has 0 fully saturated rings. The lowest BCUT2D eigenvalue weighted by atomic mass is 10.1. The number of carbonyl (C=O) groups excluding carboxylic acids is 1. The van der Waals surface area contributed by atoms with Crippen molar-refractivity contribution in [1.82, 2.24) is 5.32 Å². The number of carbonyl (C=O) groups is 1. The summed E-state index contributed by atoms with van der Waals surface area (Å²) < 4.78 is 28.4. The van der Waals surface area contributed by atoms with Gasteiger partial charge in [-0.25, -0.2) is 8.42 Å². The molecule has 0 aromatic heterocycles. The Labute approximate surface area is 208 Å². The van der Waals surface area contributed by atoms with Crippen molar-refractivity contribution in [3.63, 3.8) is 0 Å². The van der Waals surface area contributed by atoms with Crippen molar-refractivity contribution in [2.45, 2.75) is 24.5 Å². The van der Waals surface area contributed by atoms with Crippen LogP contribution in [0.2, 0.25) is 10.0 Å². The zero-order valence-corrected chi connectivity index (χ0v) is 21.3. The molecule has 0 aliphatic heterocycles. The monoisotopic (exact) mass is 522 g/mol. The molecule has 5 nitrogen and oxygen atoms in total. The van der Waals surface area contributed by atoms with Crippen LogP contribution in [0, 0.1) is 13.8 Å². The lowest BCUT2D eigenvalue weighted by Crippen LogP contribution is -2.26. The Bertz CT molecular complexity index is 1240. The third-order valence-electron chi connectivity index (χ3n) is 4.65. The fourth-order valence-corrected chi connectivity index (χ4v) is 5.84. The van der Waals surface area contributed by atoms with E-state index in [1.165, 1.54) is 18.2 Å². The summed E-state index contributed by atoms with van der Waals surface area (Å²) in [4.78, 5) is 12.4. The Morgan fingerprint density at radius 3 is 2.39 bits per heavy atom. The first kappa shape index (κ1) is 25.4. The standard InChI is InChI=1S/C24H24Cl2N2O3S2/c1-16-10-17(2)12-21(11-16)28-33(30,31)23-14-19(6-7-22(23)26)24(29)27-8-9-32-15-18-4-3-5-20(25)13-18/h3-7,10-14,28H,8-9,15H2,1-2H3,(H,27,29). The van der Waals surface area contributed by atoms with Crippen molar-refractivity contribution < 1.29 is 13.2 Å². The van der Waals surface area contributed by atoms with Crippen LogP contribution in [0.5, 0.6) is 0 Å². The maximum Gasteiger partial charge on any atom is 0.263 e. The van der Waals surface area contributed by atoms with E-state index < -0.39 is 10.0 Å². The van der Waals surface area contributed by atoms with Gasteiger partial charge in [-0.05, 0) is 73.0 Å². The molecule has 1 amide bonds. The summed E-state index contributed by atoms with van der Waals surface area (Å²) >= 11 is 13.8. The summed E-state index contributed by atoms with van der Waals surface area (Å²) in [7, 11) is -3.97. The van der Waals surface area contributed by atoms with E-state index in [9.17, 15) is 13.2 Å². The van der Waals surface area contributed by atoms with Crippen molar-refractivity contribution in [1.29, 1.82) is 0 Å². The summed E-state index contributed by atoms with van der Waals surface area (Å²) in [6.07, 6.45) is 0. The molecule has 0 saturated carbocycles. The molecular formula is C24H24Cl2N2O3S2. The average Bonchev–Trinajstić information content (AvgIpc) is 2.72. The third-order valence-corrected chi connectivity index (χ3v) is 7.77. The predicted octanol–water partition coefficient (Wildman–Crippen LogP) is 6.07. The Kier molecular flexibility index (Phi) is 8.70. The summed E-state index contributed by atoms with van der Waals surface area (Å²) in [5, 5.41) is 3.55. The van der Waals surface area contributed by atoms with Gasteiger partial charge in [-0.2, -0.15) is 11.8 Å². The highest BCUT2D eigenvalue weighted by molar-refractivity contribution is 7.98. The zero-order valence-electron chi connectivity index (χ0n) is 18.2. The van der Waals surface area contributed by atoms with Gasteiger partial charge >= 0.3 is 0 Å². The van der Waals surface area contributed by atoms with E-state index in [4.69, 9.17) is 23.2 Å². The fourth-order valence-electron chi connectivity index (χ4n) is 3.25. The van der Waals surface area contributed by atoms with Gasteiger partial charge in [0.1, 0.15) is 4.90 Å². The number of rotatable bonds is 9. The number of hydrogen-bond acceptors (Lipinski definition) is 4. The smallest absolute Gasteiger partial charge is 0.263 e. The van der Waals surface area contributed by atoms with E-state index in [-0.39, 0.29) is 21.4 Å². The second-order valence-electron chi connectivity index (χ2n) is 7.57. The molecular weight excluding hydrogens is 499 g/mol. The van der Waals surface area contributed by atoms with E-state index in [2.05, 4.69) is 10.0 Å². The van der Waals surface area contributed by atoms with Gasteiger partial charge in [0.15, 0.2) is 0 Å². The van der Waals surface area contributed by atoms with Gasteiger partial charge in [-0.1, -0.05) is 41.4 Å². The van der Waals surface area contributed by atoms with Crippen LogP contribution in [-0.4, -0.2) is 26.6 Å². The van der Waals surface area contributed by atoms with Crippen LogP contribution in [0.15, 0.2) is 65.6 Å². The topological polar surface area (TPSA) is 75.3 Å². The van der Waals surface area contributed by atoms with Crippen molar-refractivity contribution >= 4 is 56.6 Å². The molecule has 0 bridgehead atoms. The summed E-state index contributed by atoms with van der Waals surface area (Å²) in [5.41, 5.74) is 3.64. The minimum Gasteiger partial charge on any atom is -0.351 e. The van der Waals surface area contributed by atoms with Crippen molar-refractivity contribution in [2.75, 3.05) is 17.0 Å². The first-order valence-electron chi connectivity index (χ1n) is 10.1. The number of sulfonamides is 1. The van der Waals surface area contributed by atoms with Gasteiger partial charge in [-0.3, -0.25) is 9.52 Å². The molecule has 9 heteroatoms. The van der Waals surface area contributed by atoms with Crippen LogP contribution in [0.25, 0.3) is 0 Å². The number of thioether (sulfide) groups is 1. The van der Waals surface area contributed by atoms with E-state index in [0.29, 0.717) is 23.0 Å². The van der Waals surface area contributed by atoms with E-state index in [1.807, 2.05) is 44.2 Å². The van der Waals surface area contributed by atoms with Crippen LogP contribution in [-0.2, 0) is 15.8 Å². The number of aryl methyl sites for hydroxylation is 2. The quantitative estimate of drug-likeness (QED) is 0.334. The van der Waals surface area contributed by atoms with Crippen LogP contribution in [0.3, 0.4) is 0 Å². The predicted molar refractivity (Wildman–Crippen MR) is 138 cm³/mol. The van der Waals surface area contributed by atoms with E-state index in [1.54, 1.807) is 23.9 Å². The van der Waals surface area contributed by atoms with Crippen molar-refractivity contribution in [2.24, 2.45) is 0 Å². The molecule has 0 aliphatic carbocycles. The average molecular weight is 524 g/mol. The maximum absolute atomic E-state index is 12.9. The number of nitrogens with one attached hydrogen (secondary N) is 2. The van der Waals surface area contributed by atoms with Gasteiger partial charge in [0.2, 0.25) is 0 Å². The molecule has 0 atom stereocenters. The highest BCUT2D eigenvalue weighted by atomic mass is 35.5. The van der Waals surface area contributed by atoms with Crippen molar-refractivity contribution in [3.8, 4) is 0 Å². The van der Waals surface area contributed by atoms with Gasteiger partial charge in [-0.15, -0.1) is 0 Å². The first-order valence-corrected chi connectivity index (χ1v) is 13.5. The molecule has 2 N–H and O–H groups in total. The van der Waals surface area contributed by atoms with Crippen LogP contribution in [0.1, 0.15) is 27.0 Å². The van der Waals surface area contributed by atoms with Gasteiger partial charge in [0.05, 0.1) is 5.02 Å². The first-order chi connectivity index (χ1) is 15.6. The molecule has 0 spiro atoms. The lowest BCUT2D eigenvalue weighted by molar-refractivity contribution is 0.0956. The van der Waals surface area contributed by atoms with Crippen LogP contribution in [0.4, 0.5) is 5.69 Å². The number of hydrogen-bond donors (Lipinski definition) is 2. The molecule has 174 valence electrons. The summed E-state index contributed by atoms with van der Waals surface area (Å²) in [6, 6.07) is 17.3. The zero-order chi connectivity index (χ0) is 24.0. The van der Waals surface area contributed by atoms with E-state index >= 15 is 0 Å². The normalized spacial score (nSPS) is 11.3. The second kappa shape index (κ2) is 11.3. The van der Waals surface area contributed by atoms with Crippen LogP contribution < -0.4 is 10.0 Å². The fraction of sp³-hybridized carbons (Fsp3) is 0.208. The number of halogens is 2. The molecule has 33 heavy (non-hydrogen) atoms. The Balaban J connectivity index is 1.61. The van der Waals surface area contributed by atoms with Gasteiger partial charge in [0, 0.05) is 34.3 Å². The molecule has 0 aliphatic rings. The molecule has 0 unspecified atom stereocenters. The Hall–Kier alpha value is -2.19. The molecule has 3 aromatic carbocycles. The maximum atomic E-state index is 12.9. The second-order valence-corrected chi connectivity index (χ2v) is 11.2. The number of amides is 1. The SMILES string of the molecule is Cc1cc(C)cc(NS(=O)(=O)c2cc(C(=O)NCCSCc3cccc(Cl)c3)ccc2Cl)c1. The highest BCUT2D eigenvalue weighted by Crippen LogP contribution is 2.26. The highest BCUT2D eigenvalue weighted by Gasteiger charge is 2.20. The molecule has 3 rings (SSSR count). The summed E-state index contributed by atoms with van der Waals surface area (Å²) in [5.74, 6) is 1.12. The minimum atomic E-state index is -3.97. The molecule has 0 heterocycles. The Morgan fingerprint density at radius 1 is 0.970 bits per heavy atom. The Morgan fingerprint density at radius 2 is 1.70 bits per heavy atom. The van der Waals surface area contributed by atoms with Crippen LogP contribution >= 0.6 is 35.0 Å². The third kappa shape index (κ3) is 7.40. The molecule has 0 radical (unpaired) electrons. The van der Waals surface area contributed by atoms with E-state index in [0.717, 1.165) is 22.4 Å². The molecule has 3 aromatic rings. The van der Waals surface area contributed by atoms with Gasteiger partial charge in [0.25, 0.3) is 15.9 Å². The number of benzene rings is 3. The minimum absolute atomic E-state index is 0.0421. The summed E-state index contributed by atoms with van der Waals surface area (Å²) in [6.45, 7) is 4.21. The lowest BCUT2D eigenvalue weighted by Gasteiger charge is -2.12. The molecule has 0 saturated heterocycles. The number of anilines is 1. The van der Waals surface area contributed by atoms with Gasteiger partial charge < -0.3 is 5.32 Å². The largest absolute Gasteiger partial charge is 0.351 e. The van der Waals surface area contributed by atoms with Crippen molar-refractivity contribution in [3.05, 3.63) is 93.0 Å².